The second-order valence-corrected chi connectivity index (χ2v) is 7.08. The molecular formula is C18H22FN3OS. The topological polar surface area (TPSA) is 45.2 Å². The fourth-order valence-corrected chi connectivity index (χ4v) is 3.88. The van der Waals surface area contributed by atoms with Crippen molar-refractivity contribution in [2.75, 3.05) is 24.5 Å². The largest absolute Gasteiger partial charge is 0.369 e. The minimum atomic E-state index is -0.187. The summed E-state index contributed by atoms with van der Waals surface area (Å²) in [5.41, 5.74) is 1.16. The van der Waals surface area contributed by atoms with Gasteiger partial charge in [0.2, 0.25) is 0 Å². The molecule has 1 aliphatic rings. The van der Waals surface area contributed by atoms with Crippen molar-refractivity contribution in [3.05, 3.63) is 46.2 Å². The molecule has 6 heteroatoms. The highest BCUT2D eigenvalue weighted by atomic mass is 32.1. The van der Waals surface area contributed by atoms with Gasteiger partial charge in [-0.05, 0) is 37.3 Å². The maximum atomic E-state index is 13.9. The van der Waals surface area contributed by atoms with Gasteiger partial charge in [-0.1, -0.05) is 19.1 Å². The molecule has 1 atom stereocenters. The molecule has 4 nitrogen and oxygen atoms in total. The number of amides is 1. The van der Waals surface area contributed by atoms with Crippen molar-refractivity contribution in [1.82, 2.24) is 10.3 Å². The average molecular weight is 347 g/mol. The Morgan fingerprint density at radius 1 is 1.46 bits per heavy atom. The summed E-state index contributed by atoms with van der Waals surface area (Å²) in [6.07, 6.45) is 2.90. The van der Waals surface area contributed by atoms with E-state index in [0.29, 0.717) is 23.8 Å². The van der Waals surface area contributed by atoms with E-state index in [4.69, 9.17) is 0 Å². The Morgan fingerprint density at radius 3 is 3.08 bits per heavy atom. The van der Waals surface area contributed by atoms with Gasteiger partial charge in [0.15, 0.2) is 0 Å². The molecule has 0 saturated carbocycles. The zero-order valence-electron chi connectivity index (χ0n) is 13.8. The number of aromatic nitrogens is 1. The van der Waals surface area contributed by atoms with Crippen molar-refractivity contribution in [2.24, 2.45) is 5.92 Å². The second kappa shape index (κ2) is 7.75. The van der Waals surface area contributed by atoms with Gasteiger partial charge in [-0.2, -0.15) is 0 Å². The highest BCUT2D eigenvalue weighted by Gasteiger charge is 2.25. The maximum absolute atomic E-state index is 13.9. The van der Waals surface area contributed by atoms with Gasteiger partial charge in [0.1, 0.15) is 11.5 Å². The number of anilines is 1. The molecule has 1 aromatic heterocycles. The molecule has 3 rings (SSSR count). The monoisotopic (exact) mass is 347 g/mol. The molecule has 2 heterocycles. The predicted molar refractivity (Wildman–Crippen MR) is 95.2 cm³/mol. The first kappa shape index (κ1) is 16.9. The minimum Gasteiger partial charge on any atom is -0.369 e. The Kier molecular flexibility index (Phi) is 5.45. The summed E-state index contributed by atoms with van der Waals surface area (Å²) < 4.78 is 13.9. The van der Waals surface area contributed by atoms with Gasteiger partial charge in [-0.25, -0.2) is 9.37 Å². The number of hydrogen-bond acceptors (Lipinski definition) is 4. The Balaban J connectivity index is 1.50. The van der Waals surface area contributed by atoms with Crippen molar-refractivity contribution in [1.29, 1.82) is 0 Å². The summed E-state index contributed by atoms with van der Waals surface area (Å²) in [6.45, 7) is 4.28. The van der Waals surface area contributed by atoms with Crippen molar-refractivity contribution >= 4 is 22.9 Å². The smallest absolute Gasteiger partial charge is 0.270 e. The number of halogens is 1. The molecule has 1 N–H and O–H groups in total. The standard InChI is InChI=1S/C18H22FN3OS/c1-2-5-17-21-15(12-24-17)18(23)20-10-13-8-9-22(11-13)16-7-4-3-6-14(16)19/h3-4,6-7,12-13H,2,5,8-11H2,1H3,(H,20,23)/t13-/m1/s1. The van der Waals surface area contributed by atoms with Crippen molar-refractivity contribution in [3.8, 4) is 0 Å². The van der Waals surface area contributed by atoms with E-state index in [0.717, 1.165) is 37.4 Å². The summed E-state index contributed by atoms with van der Waals surface area (Å²) >= 11 is 1.54. The third-order valence-corrected chi connectivity index (χ3v) is 5.19. The van der Waals surface area contributed by atoms with E-state index in [1.807, 2.05) is 16.3 Å². The molecule has 1 saturated heterocycles. The zero-order chi connectivity index (χ0) is 16.9. The number of thiazole rings is 1. The normalized spacial score (nSPS) is 17.2. The van der Waals surface area contributed by atoms with Gasteiger partial charge in [-0.15, -0.1) is 11.3 Å². The van der Waals surface area contributed by atoms with Crippen LogP contribution in [0.4, 0.5) is 10.1 Å². The van der Waals surface area contributed by atoms with E-state index in [9.17, 15) is 9.18 Å². The lowest BCUT2D eigenvalue weighted by atomic mass is 10.1. The highest BCUT2D eigenvalue weighted by molar-refractivity contribution is 7.09. The van der Waals surface area contributed by atoms with Gasteiger partial charge in [-0.3, -0.25) is 4.79 Å². The van der Waals surface area contributed by atoms with Gasteiger partial charge >= 0.3 is 0 Å². The zero-order valence-corrected chi connectivity index (χ0v) is 14.6. The number of para-hydroxylation sites is 1. The van der Waals surface area contributed by atoms with E-state index < -0.39 is 0 Å². The lowest BCUT2D eigenvalue weighted by Gasteiger charge is -2.19. The SMILES string of the molecule is CCCc1nc(C(=O)NC[C@H]2CCN(c3ccccc3F)C2)cs1. The Hall–Kier alpha value is -1.95. The first-order valence-electron chi connectivity index (χ1n) is 8.39. The molecule has 24 heavy (non-hydrogen) atoms. The molecule has 1 fully saturated rings. The van der Waals surface area contributed by atoms with Crippen LogP contribution in [0.1, 0.15) is 35.3 Å². The lowest BCUT2D eigenvalue weighted by molar-refractivity contribution is 0.0944. The van der Waals surface area contributed by atoms with Crippen LogP contribution in [-0.2, 0) is 6.42 Å². The van der Waals surface area contributed by atoms with Crippen LogP contribution in [0.2, 0.25) is 0 Å². The molecule has 0 aliphatic carbocycles. The van der Waals surface area contributed by atoms with E-state index in [1.165, 1.54) is 17.4 Å². The fourth-order valence-electron chi connectivity index (χ4n) is 3.00. The molecule has 0 unspecified atom stereocenters. The third kappa shape index (κ3) is 3.93. The van der Waals surface area contributed by atoms with Crippen LogP contribution < -0.4 is 10.2 Å². The number of carbonyl (C=O) groups is 1. The Labute approximate surface area is 145 Å². The predicted octanol–water partition coefficient (Wildman–Crippen LogP) is 3.49. The number of rotatable bonds is 6. The summed E-state index contributed by atoms with van der Waals surface area (Å²) in [4.78, 5) is 18.6. The first-order chi connectivity index (χ1) is 11.7. The number of carbonyl (C=O) groups excluding carboxylic acids is 1. The van der Waals surface area contributed by atoms with E-state index in [1.54, 1.807) is 12.1 Å². The number of hydrogen-bond donors (Lipinski definition) is 1. The average Bonchev–Trinajstić information content (AvgIpc) is 3.23. The van der Waals surface area contributed by atoms with Gasteiger partial charge < -0.3 is 10.2 Å². The first-order valence-corrected chi connectivity index (χ1v) is 9.27. The molecule has 0 radical (unpaired) electrons. The maximum Gasteiger partial charge on any atom is 0.270 e. The van der Waals surface area contributed by atoms with E-state index in [-0.39, 0.29) is 11.7 Å². The molecular weight excluding hydrogens is 325 g/mol. The van der Waals surface area contributed by atoms with Crippen molar-refractivity contribution in [3.63, 3.8) is 0 Å². The highest BCUT2D eigenvalue weighted by Crippen LogP contribution is 2.25. The van der Waals surface area contributed by atoms with Crippen LogP contribution in [-0.4, -0.2) is 30.5 Å². The van der Waals surface area contributed by atoms with Gasteiger partial charge in [0.25, 0.3) is 5.91 Å². The summed E-state index contributed by atoms with van der Waals surface area (Å²) in [5, 5.41) is 5.80. The summed E-state index contributed by atoms with van der Waals surface area (Å²) in [5.74, 6) is 0.0355. The lowest BCUT2D eigenvalue weighted by Crippen LogP contribution is -2.31. The second-order valence-electron chi connectivity index (χ2n) is 6.14. The Bertz CT molecular complexity index is 703. The minimum absolute atomic E-state index is 0.113. The Morgan fingerprint density at radius 2 is 2.29 bits per heavy atom. The van der Waals surface area contributed by atoms with Crippen LogP contribution in [0.5, 0.6) is 0 Å². The molecule has 2 aromatic rings. The van der Waals surface area contributed by atoms with E-state index in [2.05, 4.69) is 17.2 Å². The van der Waals surface area contributed by atoms with Gasteiger partial charge in [0.05, 0.1) is 10.7 Å². The van der Waals surface area contributed by atoms with Crippen LogP contribution in [0.3, 0.4) is 0 Å². The summed E-state index contributed by atoms with van der Waals surface area (Å²) in [6, 6.07) is 6.85. The van der Waals surface area contributed by atoms with Crippen molar-refractivity contribution < 1.29 is 9.18 Å². The molecule has 1 aromatic carbocycles. The van der Waals surface area contributed by atoms with Crippen LogP contribution in [0.15, 0.2) is 29.6 Å². The fraction of sp³-hybridized carbons (Fsp3) is 0.444. The molecule has 0 spiro atoms. The summed E-state index contributed by atoms with van der Waals surface area (Å²) in [7, 11) is 0. The van der Waals surface area contributed by atoms with Crippen LogP contribution in [0, 0.1) is 11.7 Å². The van der Waals surface area contributed by atoms with Crippen LogP contribution >= 0.6 is 11.3 Å². The number of benzene rings is 1. The van der Waals surface area contributed by atoms with Crippen molar-refractivity contribution in [2.45, 2.75) is 26.2 Å². The van der Waals surface area contributed by atoms with E-state index >= 15 is 0 Å². The molecule has 0 bridgehead atoms. The quantitative estimate of drug-likeness (QED) is 0.870. The number of nitrogens with one attached hydrogen (secondary N) is 1. The molecule has 1 amide bonds. The van der Waals surface area contributed by atoms with Crippen LogP contribution in [0.25, 0.3) is 0 Å². The number of nitrogens with zero attached hydrogens (tertiary/aromatic N) is 2. The molecule has 1 aliphatic heterocycles. The number of aryl methyl sites for hydroxylation is 1. The molecule has 128 valence electrons. The van der Waals surface area contributed by atoms with Gasteiger partial charge in [0, 0.05) is 25.0 Å². The third-order valence-electron chi connectivity index (χ3n) is 4.28.